The Balaban J connectivity index is 2.79. The zero-order valence-corrected chi connectivity index (χ0v) is 50.7. The first-order valence-electron chi connectivity index (χ1n) is 29.8. The van der Waals surface area contributed by atoms with E-state index in [1.807, 2.05) is 0 Å². The minimum Gasteiger partial charge on any atom is -0.481 e. The molecule has 87 heavy (non-hydrogen) atoms. The summed E-state index contributed by atoms with van der Waals surface area (Å²) in [7, 11) is 0. The van der Waals surface area contributed by atoms with Crippen LogP contribution in [0.25, 0.3) is 0 Å². The van der Waals surface area contributed by atoms with Gasteiger partial charge in [0.05, 0.1) is 37.0 Å². The number of nitrogens with two attached hydrogens (primary N) is 3. The van der Waals surface area contributed by atoms with Gasteiger partial charge in [-0.3, -0.25) is 52.7 Å². The first-order chi connectivity index (χ1) is 41.3. The molecule has 10 amide bonds. The van der Waals surface area contributed by atoms with Crippen molar-refractivity contribution < 1.29 is 87.8 Å². The largest absolute Gasteiger partial charge is 0.481 e. The number of aliphatic carboxylic acids is 1. The number of carboxylic acids is 1. The molecular formula is C55H94ClN13O18. The summed E-state index contributed by atoms with van der Waals surface area (Å²) < 4.78 is 5.38. The molecule has 31 nitrogen and oxygen atoms in total. The summed E-state index contributed by atoms with van der Waals surface area (Å²) in [6, 6.07) is -15.9. The van der Waals surface area contributed by atoms with E-state index in [4.69, 9.17) is 33.5 Å². The first kappa shape index (κ1) is 76.5. The molecule has 1 saturated carbocycles. The molecular weight excluding hydrogens is 1170 g/mol. The van der Waals surface area contributed by atoms with Crippen LogP contribution in [0.15, 0.2) is 11.8 Å². The second-order valence-electron chi connectivity index (χ2n) is 21.7. The fraction of sp³-hybridized carbons (Fsp3) is 0.745. The predicted molar refractivity (Wildman–Crippen MR) is 313 cm³/mol. The number of carbonyl (C=O) groups excluding carboxylic acids is 11. The average molecular weight is 1260 g/mol. The fourth-order valence-corrected chi connectivity index (χ4v) is 9.25. The highest BCUT2D eigenvalue weighted by Gasteiger charge is 2.41. The highest BCUT2D eigenvalue weighted by atomic mass is 35.5. The van der Waals surface area contributed by atoms with Gasteiger partial charge in [0.1, 0.15) is 54.6 Å². The molecule has 2 fully saturated rings. The molecule has 0 radical (unpaired) electrons. The van der Waals surface area contributed by atoms with E-state index in [1.165, 1.54) is 6.92 Å². The van der Waals surface area contributed by atoms with Crippen LogP contribution in [0, 0.1) is 0 Å². The summed E-state index contributed by atoms with van der Waals surface area (Å²) in [5.74, 6) is -16.3. The molecule has 21 N–H and O–H groups in total. The topological polar surface area (TPSA) is 514 Å². The van der Waals surface area contributed by atoms with Crippen molar-refractivity contribution in [2.45, 2.75) is 228 Å². The van der Waals surface area contributed by atoms with Crippen molar-refractivity contribution in [3.63, 3.8) is 0 Å². The number of aliphatic hydroxyl groups is 4. The number of hydrogen-bond donors (Lipinski definition) is 18. The van der Waals surface area contributed by atoms with Gasteiger partial charge in [0, 0.05) is 6.04 Å². The summed E-state index contributed by atoms with van der Waals surface area (Å²) in [4.78, 5) is 166. The number of alkyl halides is 1. The number of nitrogens with one attached hydrogen (secondary N) is 10. The second kappa shape index (κ2) is 41.5. The summed E-state index contributed by atoms with van der Waals surface area (Å²) >= 11 is 5.96. The number of hydrogen-bond acceptors (Lipinski definition) is 20. The van der Waals surface area contributed by atoms with Gasteiger partial charge in [0.25, 0.3) is 11.8 Å². The lowest BCUT2D eigenvalue weighted by atomic mass is 9.92. The Morgan fingerprint density at radius 3 is 1.68 bits per heavy atom. The van der Waals surface area contributed by atoms with Gasteiger partial charge < -0.3 is 101 Å². The molecule has 1 unspecified atom stereocenters. The first-order valence-corrected chi connectivity index (χ1v) is 30.4. The number of amides is 10. The number of ether oxygens (including phenoxy) is 1. The van der Waals surface area contributed by atoms with Gasteiger partial charge in [-0.25, -0.2) is 4.79 Å². The Kier molecular flexibility index (Phi) is 36.5. The third-order valence-corrected chi connectivity index (χ3v) is 14.7. The molecule has 0 aromatic heterocycles. The molecule has 0 aromatic rings. The normalized spacial score (nSPS) is 24.9. The number of cyclic esters (lactones) is 1. The molecule has 2 rings (SSSR count). The smallest absolute Gasteiger partial charge is 0.331 e. The van der Waals surface area contributed by atoms with Crippen LogP contribution in [-0.2, 0) is 62.3 Å². The Bertz CT molecular complexity index is 2310. The summed E-state index contributed by atoms with van der Waals surface area (Å²) in [5, 5.41) is 76.8. The van der Waals surface area contributed by atoms with Crippen LogP contribution in [0.1, 0.15) is 149 Å². The van der Waals surface area contributed by atoms with Gasteiger partial charge in [-0.05, 0) is 91.3 Å². The monoisotopic (exact) mass is 1260 g/mol. The molecule has 0 spiro atoms. The van der Waals surface area contributed by atoms with E-state index in [2.05, 4.69) is 60.1 Å². The Hall–Kier alpha value is -6.61. The van der Waals surface area contributed by atoms with Gasteiger partial charge in [-0.2, -0.15) is 0 Å². The zero-order chi connectivity index (χ0) is 65.2. The van der Waals surface area contributed by atoms with Crippen molar-refractivity contribution in [3.8, 4) is 0 Å². The maximum Gasteiger partial charge on any atom is 0.331 e. The zero-order valence-electron chi connectivity index (χ0n) is 49.9. The highest BCUT2D eigenvalue weighted by Crippen LogP contribution is 2.19. The van der Waals surface area contributed by atoms with Gasteiger partial charge in [-0.15, -0.1) is 11.6 Å². The van der Waals surface area contributed by atoms with Crippen molar-refractivity contribution in [2.75, 3.05) is 32.1 Å². The van der Waals surface area contributed by atoms with Crippen LogP contribution in [0.4, 0.5) is 0 Å². The van der Waals surface area contributed by atoms with Crippen LogP contribution < -0.4 is 70.4 Å². The maximum atomic E-state index is 14.3. The predicted octanol–water partition coefficient (Wildman–Crippen LogP) is -4.58. The number of aliphatic hydroxyl groups excluding tert-OH is 4. The molecule has 1 aliphatic heterocycles. The lowest BCUT2D eigenvalue weighted by molar-refractivity contribution is -0.154. The van der Waals surface area contributed by atoms with Gasteiger partial charge >= 0.3 is 11.9 Å². The molecule has 494 valence electrons. The summed E-state index contributed by atoms with van der Waals surface area (Å²) in [6.45, 7) is 2.80. The SMILES string of the molecule is C/C=C1/NC(=O)[C@H]([C@H](C)O)NC(=O)[C@H](CCN)NC(=O)[C@H](CCCCN)NC(=O)[C@H](CC(=O)O)NC(=O)[C@@H](CCN)NC(=O)[C@@H](NC(=O)C[C@@H](O)CCCCCCCCCCC)COC(=O)[C@H]([C@H](O)CCl)NC(=O)[C@H](C(O)C(=O)NC2CCC2)NC1=O. The standard InChI is InChI=1S/C55H94ClN13O18/c1-4-6-7-8-9-10-11-12-13-19-32(71)26-40(73)61-38-29-87-55(86)43(39(72)28-56)68-53(84)44(45(76)54(85)60-31-17-16-18-31)69-46(77)33(5-2)62-52(83)42(30(3)70)67-49(80)36(22-25-59)64-47(78)34(20-14-15-23-57)63-50(81)37(27-41(74)75)66-48(79)35(21-24-58)65-51(38)82/h5,30-32,34-39,42-45,70-72,76H,4,6-29,57-59H2,1-3H3,(H,60,85)(H,61,73)(H,62,83)(H,63,81)(H,64,78)(H,65,82)(H,66,79)(H,67,80)(H,68,84)(H,69,77)(H,74,75)/b33-5+/t30-,32-,34-,35+,36-,37-,38-,39+,42-,43-,44-,45?/m0/s1. The molecule has 1 heterocycles. The second-order valence-corrected chi connectivity index (χ2v) is 22.0. The lowest BCUT2D eigenvalue weighted by Gasteiger charge is -2.31. The summed E-state index contributed by atoms with van der Waals surface area (Å²) in [6.07, 6.45) is 2.07. The number of carboxylic acid groups (broad SMARTS) is 1. The number of carbonyl (C=O) groups is 12. The minimum atomic E-state index is -2.46. The van der Waals surface area contributed by atoms with Crippen molar-refractivity contribution in [1.82, 2.24) is 53.2 Å². The van der Waals surface area contributed by atoms with Crippen LogP contribution in [-0.4, -0.2) is 207 Å². The van der Waals surface area contributed by atoms with Crippen molar-refractivity contribution in [1.29, 1.82) is 0 Å². The van der Waals surface area contributed by atoms with Gasteiger partial charge in [0.15, 0.2) is 12.1 Å². The van der Waals surface area contributed by atoms with E-state index in [0.717, 1.165) is 64.4 Å². The molecule has 2 aliphatic rings. The molecule has 1 saturated heterocycles. The van der Waals surface area contributed by atoms with E-state index in [9.17, 15) is 83.1 Å². The minimum absolute atomic E-state index is 0.132. The molecule has 0 aromatic carbocycles. The third-order valence-electron chi connectivity index (χ3n) is 14.4. The van der Waals surface area contributed by atoms with Crippen LogP contribution >= 0.6 is 11.6 Å². The number of rotatable bonds is 29. The molecule has 0 bridgehead atoms. The number of esters is 1. The third kappa shape index (κ3) is 28.0. The van der Waals surface area contributed by atoms with E-state index in [0.29, 0.717) is 32.1 Å². The quantitative estimate of drug-likeness (QED) is 0.0145. The molecule has 12 atom stereocenters. The number of allylic oxidation sites excluding steroid dienone is 1. The van der Waals surface area contributed by atoms with E-state index >= 15 is 0 Å². The maximum absolute atomic E-state index is 14.3. The van der Waals surface area contributed by atoms with E-state index in [-0.39, 0.29) is 45.3 Å². The van der Waals surface area contributed by atoms with E-state index in [1.54, 1.807) is 0 Å². The Morgan fingerprint density at radius 2 is 1.16 bits per heavy atom. The number of halogens is 1. The molecule has 1 aliphatic carbocycles. The van der Waals surface area contributed by atoms with Crippen LogP contribution in [0.5, 0.6) is 0 Å². The van der Waals surface area contributed by atoms with Gasteiger partial charge in [-0.1, -0.05) is 70.8 Å². The average Bonchev–Trinajstić information content (AvgIpc) is 2.71. The fourth-order valence-electron chi connectivity index (χ4n) is 9.08. The number of unbranched alkanes of at least 4 members (excludes halogenated alkanes) is 9. The van der Waals surface area contributed by atoms with Gasteiger partial charge in [0.2, 0.25) is 47.3 Å². The van der Waals surface area contributed by atoms with Crippen molar-refractivity contribution >= 4 is 82.6 Å². The lowest BCUT2D eigenvalue weighted by Crippen LogP contribution is -2.63. The van der Waals surface area contributed by atoms with Crippen LogP contribution in [0.3, 0.4) is 0 Å². The Labute approximate surface area is 511 Å². The highest BCUT2D eigenvalue weighted by molar-refractivity contribution is 6.18. The van der Waals surface area contributed by atoms with Crippen molar-refractivity contribution in [2.24, 2.45) is 17.2 Å². The van der Waals surface area contributed by atoms with Crippen molar-refractivity contribution in [3.05, 3.63) is 11.8 Å². The summed E-state index contributed by atoms with van der Waals surface area (Å²) in [5.41, 5.74) is 16.6. The Morgan fingerprint density at radius 1 is 0.632 bits per heavy atom. The molecule has 32 heteroatoms. The van der Waals surface area contributed by atoms with E-state index < -0.39 is 187 Å². The van der Waals surface area contributed by atoms with Crippen LogP contribution in [0.2, 0.25) is 0 Å².